The second-order valence-electron chi connectivity index (χ2n) is 8.13. The molecule has 130 valence electrons. The molecule has 1 spiro atoms. The fourth-order valence-corrected chi connectivity index (χ4v) is 4.46. The van der Waals surface area contributed by atoms with Gasteiger partial charge in [-0.1, -0.05) is 25.2 Å². The lowest BCUT2D eigenvalue weighted by molar-refractivity contribution is -0.144. The third-order valence-corrected chi connectivity index (χ3v) is 6.29. The molecule has 2 amide bonds. The Bertz CT molecular complexity index is 612. The molecule has 1 N–H and O–H groups in total. The quantitative estimate of drug-likeness (QED) is 0.865. The molecule has 0 aromatic carbocycles. The maximum Gasteiger partial charge on any atom is 0.407 e. The van der Waals surface area contributed by atoms with Crippen molar-refractivity contribution in [1.29, 1.82) is 0 Å². The number of alkyl carbamates (subject to hydrolysis) is 1. The van der Waals surface area contributed by atoms with Gasteiger partial charge in [-0.25, -0.2) is 4.79 Å². The average Bonchev–Trinajstić information content (AvgIpc) is 2.87. The normalized spacial score (nSPS) is 40.2. The summed E-state index contributed by atoms with van der Waals surface area (Å²) >= 11 is 0. The van der Waals surface area contributed by atoms with Crippen molar-refractivity contribution in [3.8, 4) is 0 Å². The molecule has 4 aliphatic rings. The second kappa shape index (κ2) is 5.64. The number of carbonyl (C=O) groups excluding carboxylic acids is 2. The van der Waals surface area contributed by atoms with Gasteiger partial charge in [-0.05, 0) is 49.5 Å². The number of nitrogens with zero attached hydrogens (tertiary/aromatic N) is 1. The summed E-state index contributed by atoms with van der Waals surface area (Å²) in [6.07, 6.45) is 11.3. The number of allylic oxidation sites excluding steroid dienone is 4. The zero-order chi connectivity index (χ0) is 16.9. The van der Waals surface area contributed by atoms with Gasteiger partial charge in [0.2, 0.25) is 5.91 Å². The molecule has 4 rings (SSSR count). The molecule has 24 heavy (non-hydrogen) atoms. The average molecular weight is 330 g/mol. The Morgan fingerprint density at radius 2 is 2.12 bits per heavy atom. The van der Waals surface area contributed by atoms with E-state index < -0.39 is 0 Å². The monoisotopic (exact) mass is 330 g/mol. The summed E-state index contributed by atoms with van der Waals surface area (Å²) in [7, 11) is 1.94. The number of cyclic esters (lactones) is 1. The fourth-order valence-electron chi connectivity index (χ4n) is 4.46. The van der Waals surface area contributed by atoms with Crippen molar-refractivity contribution < 1.29 is 14.3 Å². The molecule has 5 heteroatoms. The smallest absolute Gasteiger partial charge is 0.407 e. The van der Waals surface area contributed by atoms with E-state index in [4.69, 9.17) is 4.74 Å². The lowest BCUT2D eigenvalue weighted by Gasteiger charge is -2.47. The molecule has 1 atom stereocenters. The maximum absolute atomic E-state index is 12.7. The molecule has 1 saturated heterocycles. The lowest BCUT2D eigenvalue weighted by Crippen LogP contribution is -2.59. The summed E-state index contributed by atoms with van der Waals surface area (Å²) in [5, 5.41) is 2.85. The van der Waals surface area contributed by atoms with Crippen LogP contribution < -0.4 is 5.32 Å². The summed E-state index contributed by atoms with van der Waals surface area (Å²) < 4.78 is 4.98. The standard InChI is InChI=1S/C19H26N2O3/c1-12-3-5-13(6-4-12)14-7-16(8-14)21(2)17(22)15-9-19(10-15)11-24-18(23)20-19/h3,5-6,12,14-16H,4,7-11H2,1-2H3,(H,20,23)/t12?,14-,15-,16+,19+. The third-order valence-electron chi connectivity index (χ3n) is 6.29. The molecule has 3 aliphatic carbocycles. The largest absolute Gasteiger partial charge is 0.447 e. The van der Waals surface area contributed by atoms with E-state index in [2.05, 4.69) is 30.5 Å². The van der Waals surface area contributed by atoms with Gasteiger partial charge in [0.25, 0.3) is 0 Å². The van der Waals surface area contributed by atoms with E-state index in [1.165, 1.54) is 5.57 Å². The van der Waals surface area contributed by atoms with E-state index in [0.29, 0.717) is 37.3 Å². The molecule has 5 nitrogen and oxygen atoms in total. The van der Waals surface area contributed by atoms with Crippen molar-refractivity contribution in [1.82, 2.24) is 10.2 Å². The number of rotatable bonds is 3. The Morgan fingerprint density at radius 1 is 1.38 bits per heavy atom. The highest BCUT2D eigenvalue weighted by Crippen LogP contribution is 2.44. The minimum Gasteiger partial charge on any atom is -0.447 e. The van der Waals surface area contributed by atoms with Gasteiger partial charge >= 0.3 is 6.09 Å². The van der Waals surface area contributed by atoms with Crippen molar-refractivity contribution in [3.05, 3.63) is 23.8 Å². The fraction of sp³-hybridized carbons (Fsp3) is 0.684. The number of ether oxygens (including phenoxy) is 1. The Labute approximate surface area is 143 Å². The molecule has 0 aromatic heterocycles. The van der Waals surface area contributed by atoms with E-state index in [1.54, 1.807) is 0 Å². The first-order chi connectivity index (χ1) is 11.5. The third kappa shape index (κ3) is 2.64. The Kier molecular flexibility index (Phi) is 3.70. The number of hydrogen-bond donors (Lipinski definition) is 1. The van der Waals surface area contributed by atoms with Crippen LogP contribution in [0.3, 0.4) is 0 Å². The van der Waals surface area contributed by atoms with Crippen molar-refractivity contribution in [2.75, 3.05) is 13.7 Å². The van der Waals surface area contributed by atoms with Gasteiger partial charge in [0, 0.05) is 19.0 Å². The summed E-state index contributed by atoms with van der Waals surface area (Å²) in [6, 6.07) is 0.363. The highest BCUT2D eigenvalue weighted by Gasteiger charge is 2.53. The van der Waals surface area contributed by atoms with Gasteiger partial charge in [0.1, 0.15) is 6.61 Å². The molecule has 1 unspecified atom stereocenters. The van der Waals surface area contributed by atoms with Gasteiger partial charge in [-0.15, -0.1) is 0 Å². The van der Waals surface area contributed by atoms with Crippen LogP contribution in [0.15, 0.2) is 23.8 Å². The zero-order valence-corrected chi connectivity index (χ0v) is 14.5. The predicted molar refractivity (Wildman–Crippen MR) is 90.2 cm³/mol. The number of hydrogen-bond acceptors (Lipinski definition) is 3. The zero-order valence-electron chi connectivity index (χ0n) is 14.5. The predicted octanol–water partition coefficient (Wildman–Crippen LogP) is 2.63. The number of carbonyl (C=O) groups is 2. The second-order valence-corrected chi connectivity index (χ2v) is 8.13. The van der Waals surface area contributed by atoms with E-state index in [1.807, 2.05) is 11.9 Å². The maximum atomic E-state index is 12.7. The van der Waals surface area contributed by atoms with Gasteiger partial charge < -0.3 is 15.0 Å². The minimum absolute atomic E-state index is 0.0330. The van der Waals surface area contributed by atoms with Crippen LogP contribution in [0, 0.1) is 17.8 Å². The van der Waals surface area contributed by atoms with Gasteiger partial charge in [0.15, 0.2) is 0 Å². The van der Waals surface area contributed by atoms with Crippen LogP contribution in [-0.2, 0) is 9.53 Å². The van der Waals surface area contributed by atoms with E-state index in [-0.39, 0.29) is 23.5 Å². The molecule has 1 heterocycles. The molecule has 3 fully saturated rings. The van der Waals surface area contributed by atoms with Crippen LogP contribution in [0.4, 0.5) is 4.79 Å². The molecule has 0 radical (unpaired) electrons. The minimum atomic E-state index is -0.348. The van der Waals surface area contributed by atoms with E-state index in [9.17, 15) is 9.59 Å². The first kappa shape index (κ1) is 15.7. The number of nitrogens with one attached hydrogen (secondary N) is 1. The first-order valence-corrected chi connectivity index (χ1v) is 9.06. The Morgan fingerprint density at radius 3 is 2.71 bits per heavy atom. The van der Waals surface area contributed by atoms with Crippen molar-refractivity contribution in [3.63, 3.8) is 0 Å². The summed E-state index contributed by atoms with van der Waals surface area (Å²) in [5.74, 6) is 1.53. The van der Waals surface area contributed by atoms with E-state index >= 15 is 0 Å². The van der Waals surface area contributed by atoms with Crippen molar-refractivity contribution >= 4 is 12.0 Å². The lowest BCUT2D eigenvalue weighted by atomic mass is 9.67. The van der Waals surface area contributed by atoms with Gasteiger partial charge in [-0.2, -0.15) is 0 Å². The van der Waals surface area contributed by atoms with Crippen LogP contribution in [0.2, 0.25) is 0 Å². The van der Waals surface area contributed by atoms with Crippen LogP contribution in [-0.4, -0.2) is 42.1 Å². The molecule has 0 aromatic rings. The summed E-state index contributed by atoms with van der Waals surface area (Å²) in [4.78, 5) is 25.8. The van der Waals surface area contributed by atoms with Gasteiger partial charge in [-0.3, -0.25) is 4.79 Å². The molecular weight excluding hydrogens is 304 g/mol. The van der Waals surface area contributed by atoms with Crippen LogP contribution >= 0.6 is 0 Å². The highest BCUT2D eigenvalue weighted by molar-refractivity contribution is 5.81. The molecule has 0 bridgehead atoms. The Balaban J connectivity index is 1.26. The number of amides is 2. The van der Waals surface area contributed by atoms with Crippen LogP contribution in [0.25, 0.3) is 0 Å². The van der Waals surface area contributed by atoms with Crippen molar-refractivity contribution in [2.45, 2.75) is 50.6 Å². The summed E-state index contributed by atoms with van der Waals surface area (Å²) in [5.41, 5.74) is 1.19. The first-order valence-electron chi connectivity index (χ1n) is 9.06. The molecule has 1 aliphatic heterocycles. The van der Waals surface area contributed by atoms with Crippen LogP contribution in [0.5, 0.6) is 0 Å². The molecule has 2 saturated carbocycles. The van der Waals surface area contributed by atoms with E-state index in [0.717, 1.165) is 19.3 Å². The topological polar surface area (TPSA) is 58.6 Å². The molecular formula is C19H26N2O3. The summed E-state index contributed by atoms with van der Waals surface area (Å²) in [6.45, 7) is 2.65. The SMILES string of the molecule is CC1C=CC([C@H]2C[C@@H](N(C)C(=O)[C@H]3C[C@]4(COC(=O)N4)C3)C2)=CC1. The van der Waals surface area contributed by atoms with Crippen LogP contribution in [0.1, 0.15) is 39.0 Å². The van der Waals surface area contributed by atoms with Crippen molar-refractivity contribution in [2.24, 2.45) is 17.8 Å². The van der Waals surface area contributed by atoms with Gasteiger partial charge in [0.05, 0.1) is 5.54 Å². The Hall–Kier alpha value is -1.78. The highest BCUT2D eigenvalue weighted by atomic mass is 16.6.